The molecule has 1 heterocycles. The third-order valence-corrected chi connectivity index (χ3v) is 4.45. The maximum absolute atomic E-state index is 6.04. The lowest BCUT2D eigenvalue weighted by Gasteiger charge is -2.45. The van der Waals surface area contributed by atoms with E-state index in [-0.39, 0.29) is 5.54 Å². The Hall–Kier alpha value is -0.120. The van der Waals surface area contributed by atoms with Gasteiger partial charge in [-0.1, -0.05) is 20.3 Å². The Morgan fingerprint density at radius 2 is 2.12 bits per heavy atom. The zero-order chi connectivity index (χ0) is 12.4. The van der Waals surface area contributed by atoms with Gasteiger partial charge < -0.3 is 15.8 Å². The first-order valence-corrected chi connectivity index (χ1v) is 7.12. The van der Waals surface area contributed by atoms with E-state index in [4.69, 9.17) is 10.5 Å². The van der Waals surface area contributed by atoms with Crippen LogP contribution in [0.5, 0.6) is 0 Å². The minimum Gasteiger partial charge on any atom is -0.377 e. The van der Waals surface area contributed by atoms with E-state index < -0.39 is 0 Å². The van der Waals surface area contributed by atoms with Crippen LogP contribution in [-0.2, 0) is 4.74 Å². The maximum atomic E-state index is 6.04. The third-order valence-electron chi connectivity index (χ3n) is 4.45. The van der Waals surface area contributed by atoms with Gasteiger partial charge in [0.25, 0.3) is 0 Å². The summed E-state index contributed by atoms with van der Waals surface area (Å²) < 4.78 is 5.68. The Kier molecular flexibility index (Phi) is 4.11. The lowest BCUT2D eigenvalue weighted by molar-refractivity contribution is 0.0776. The van der Waals surface area contributed by atoms with Crippen molar-refractivity contribution in [1.29, 1.82) is 0 Å². The fourth-order valence-corrected chi connectivity index (χ4v) is 3.53. The van der Waals surface area contributed by atoms with Crippen LogP contribution in [0.4, 0.5) is 0 Å². The molecule has 0 radical (unpaired) electrons. The first-order valence-electron chi connectivity index (χ1n) is 7.12. The molecule has 1 saturated heterocycles. The van der Waals surface area contributed by atoms with Gasteiger partial charge in [0.2, 0.25) is 0 Å². The Morgan fingerprint density at radius 3 is 2.71 bits per heavy atom. The van der Waals surface area contributed by atoms with E-state index in [0.29, 0.717) is 11.5 Å². The summed E-state index contributed by atoms with van der Waals surface area (Å²) in [5.41, 5.74) is 6.63. The summed E-state index contributed by atoms with van der Waals surface area (Å²) in [6, 6.07) is 0. The molecular formula is C14H28N2O. The molecule has 3 N–H and O–H groups in total. The van der Waals surface area contributed by atoms with Crippen LogP contribution >= 0.6 is 0 Å². The average Bonchev–Trinajstić information content (AvgIpc) is 2.78. The molecule has 2 atom stereocenters. The molecule has 2 fully saturated rings. The van der Waals surface area contributed by atoms with Gasteiger partial charge in [0.05, 0.1) is 6.10 Å². The van der Waals surface area contributed by atoms with Gasteiger partial charge in [0, 0.05) is 25.2 Å². The van der Waals surface area contributed by atoms with Crippen LogP contribution in [0, 0.1) is 5.41 Å². The van der Waals surface area contributed by atoms with Crippen LogP contribution in [-0.4, -0.2) is 31.3 Å². The minimum atomic E-state index is 0.160. The monoisotopic (exact) mass is 240 g/mol. The standard InChI is InChI=1S/C14H28N2O/c1-13(2)6-4-7-14(10-13,11-15)16-9-12-5-3-8-17-12/h12,16H,3-11,15H2,1-2H3. The van der Waals surface area contributed by atoms with E-state index in [1.54, 1.807) is 0 Å². The van der Waals surface area contributed by atoms with E-state index in [1.165, 1.54) is 38.5 Å². The molecule has 0 spiro atoms. The molecule has 3 heteroatoms. The van der Waals surface area contributed by atoms with E-state index in [1.807, 2.05) is 0 Å². The summed E-state index contributed by atoms with van der Waals surface area (Å²) in [5.74, 6) is 0. The zero-order valence-electron chi connectivity index (χ0n) is 11.4. The molecule has 0 aromatic heterocycles. The number of rotatable bonds is 4. The SMILES string of the molecule is CC1(C)CCCC(CN)(NCC2CCCO2)C1. The van der Waals surface area contributed by atoms with Crippen molar-refractivity contribution in [2.45, 2.75) is 64.0 Å². The van der Waals surface area contributed by atoms with E-state index >= 15 is 0 Å². The van der Waals surface area contributed by atoms with Crippen molar-refractivity contribution in [2.24, 2.45) is 11.1 Å². The van der Waals surface area contributed by atoms with Gasteiger partial charge in [-0.25, -0.2) is 0 Å². The molecule has 2 aliphatic rings. The summed E-state index contributed by atoms with van der Waals surface area (Å²) in [7, 11) is 0. The molecular weight excluding hydrogens is 212 g/mol. The van der Waals surface area contributed by atoms with Crippen LogP contribution in [0.15, 0.2) is 0 Å². The van der Waals surface area contributed by atoms with E-state index in [9.17, 15) is 0 Å². The molecule has 1 aliphatic carbocycles. The van der Waals surface area contributed by atoms with Crippen molar-refractivity contribution in [1.82, 2.24) is 5.32 Å². The van der Waals surface area contributed by atoms with Gasteiger partial charge in [-0.15, -0.1) is 0 Å². The predicted octanol–water partition coefficient (Wildman–Crippen LogP) is 2.05. The summed E-state index contributed by atoms with van der Waals surface area (Å²) in [5, 5.41) is 3.73. The number of hydrogen-bond donors (Lipinski definition) is 2. The quantitative estimate of drug-likeness (QED) is 0.790. The Morgan fingerprint density at radius 1 is 1.29 bits per heavy atom. The van der Waals surface area contributed by atoms with Crippen LogP contribution < -0.4 is 11.1 Å². The largest absolute Gasteiger partial charge is 0.377 e. The van der Waals surface area contributed by atoms with Crippen LogP contribution in [0.2, 0.25) is 0 Å². The molecule has 3 nitrogen and oxygen atoms in total. The number of hydrogen-bond acceptors (Lipinski definition) is 3. The van der Waals surface area contributed by atoms with Crippen molar-refractivity contribution in [2.75, 3.05) is 19.7 Å². The van der Waals surface area contributed by atoms with Crippen molar-refractivity contribution < 1.29 is 4.74 Å². The Balaban J connectivity index is 1.89. The van der Waals surface area contributed by atoms with Crippen molar-refractivity contribution in [3.8, 4) is 0 Å². The second kappa shape index (κ2) is 5.25. The summed E-state index contributed by atoms with van der Waals surface area (Å²) >= 11 is 0. The highest BCUT2D eigenvalue weighted by molar-refractivity contribution is 4.98. The normalized spacial score (nSPS) is 37.2. The van der Waals surface area contributed by atoms with Gasteiger partial charge in [-0.2, -0.15) is 0 Å². The summed E-state index contributed by atoms with van der Waals surface area (Å²) in [4.78, 5) is 0. The maximum Gasteiger partial charge on any atom is 0.0700 e. The molecule has 0 aromatic carbocycles. The Bertz CT molecular complexity index is 249. The van der Waals surface area contributed by atoms with Crippen LogP contribution in [0.3, 0.4) is 0 Å². The highest BCUT2D eigenvalue weighted by Crippen LogP contribution is 2.40. The average molecular weight is 240 g/mol. The lowest BCUT2D eigenvalue weighted by atomic mass is 9.68. The molecule has 2 rings (SSSR count). The molecule has 17 heavy (non-hydrogen) atoms. The molecule has 1 saturated carbocycles. The molecule has 0 amide bonds. The van der Waals surface area contributed by atoms with E-state index in [2.05, 4.69) is 19.2 Å². The molecule has 2 unspecified atom stereocenters. The fourth-order valence-electron chi connectivity index (χ4n) is 3.53. The number of nitrogens with two attached hydrogens (primary N) is 1. The predicted molar refractivity (Wildman–Crippen MR) is 71.0 cm³/mol. The fraction of sp³-hybridized carbons (Fsp3) is 1.00. The van der Waals surface area contributed by atoms with Gasteiger partial charge in [-0.05, 0) is 37.5 Å². The van der Waals surface area contributed by atoms with Crippen LogP contribution in [0.1, 0.15) is 52.4 Å². The van der Waals surface area contributed by atoms with Gasteiger partial charge in [-0.3, -0.25) is 0 Å². The first-order chi connectivity index (χ1) is 8.05. The second-order valence-corrected chi connectivity index (χ2v) is 6.69. The topological polar surface area (TPSA) is 47.3 Å². The van der Waals surface area contributed by atoms with Crippen molar-refractivity contribution >= 4 is 0 Å². The molecule has 100 valence electrons. The van der Waals surface area contributed by atoms with Crippen molar-refractivity contribution in [3.05, 3.63) is 0 Å². The highest BCUT2D eigenvalue weighted by atomic mass is 16.5. The van der Waals surface area contributed by atoms with Gasteiger partial charge in [0.1, 0.15) is 0 Å². The van der Waals surface area contributed by atoms with E-state index in [0.717, 1.165) is 19.7 Å². The third kappa shape index (κ3) is 3.43. The zero-order valence-corrected chi connectivity index (χ0v) is 11.4. The Labute approximate surface area is 105 Å². The number of ether oxygens (including phenoxy) is 1. The smallest absolute Gasteiger partial charge is 0.0700 e. The van der Waals surface area contributed by atoms with Crippen molar-refractivity contribution in [3.63, 3.8) is 0 Å². The highest BCUT2D eigenvalue weighted by Gasteiger charge is 2.39. The molecule has 1 aliphatic heterocycles. The van der Waals surface area contributed by atoms with Crippen LogP contribution in [0.25, 0.3) is 0 Å². The summed E-state index contributed by atoms with van der Waals surface area (Å²) in [6.45, 7) is 7.40. The minimum absolute atomic E-state index is 0.160. The molecule has 0 bridgehead atoms. The molecule has 0 aromatic rings. The summed E-state index contributed by atoms with van der Waals surface area (Å²) in [6.07, 6.45) is 7.88. The lowest BCUT2D eigenvalue weighted by Crippen LogP contribution is -2.57. The first kappa shape index (κ1) is 13.3. The van der Waals surface area contributed by atoms with Gasteiger partial charge in [0.15, 0.2) is 0 Å². The number of nitrogens with one attached hydrogen (secondary N) is 1. The second-order valence-electron chi connectivity index (χ2n) is 6.69. The van der Waals surface area contributed by atoms with Gasteiger partial charge >= 0.3 is 0 Å².